The Hall–Kier alpha value is -2.60. The highest BCUT2D eigenvalue weighted by Gasteiger charge is 2.27. The van der Waals surface area contributed by atoms with Gasteiger partial charge in [0.1, 0.15) is 6.04 Å². The summed E-state index contributed by atoms with van der Waals surface area (Å²) in [6.07, 6.45) is 0.909. The number of hydrogen-bond donors (Lipinski definition) is 1. The Bertz CT molecular complexity index is 809. The van der Waals surface area contributed by atoms with Crippen LogP contribution in [0.4, 0.5) is 17.1 Å². The Labute approximate surface area is 144 Å². The fourth-order valence-corrected chi connectivity index (χ4v) is 3.09. The van der Waals surface area contributed by atoms with Gasteiger partial charge >= 0.3 is 0 Å². The molecular formula is C17H16ClN3O3. The number of hydrogen-bond acceptors (Lipinski definition) is 4. The van der Waals surface area contributed by atoms with Crippen molar-refractivity contribution in [1.82, 2.24) is 0 Å². The van der Waals surface area contributed by atoms with Crippen LogP contribution >= 0.6 is 11.6 Å². The smallest absolute Gasteiger partial charge is 0.271 e. The summed E-state index contributed by atoms with van der Waals surface area (Å²) in [7, 11) is 0. The van der Waals surface area contributed by atoms with Crippen LogP contribution in [-0.4, -0.2) is 23.4 Å². The van der Waals surface area contributed by atoms with E-state index in [0.717, 1.165) is 18.7 Å². The number of benzene rings is 2. The zero-order valence-corrected chi connectivity index (χ0v) is 13.8. The molecule has 2 aromatic rings. The highest BCUT2D eigenvalue weighted by Crippen LogP contribution is 2.30. The second-order valence-corrected chi connectivity index (χ2v) is 6.07. The number of fused-ring (bicyclic) bond motifs is 1. The lowest BCUT2D eigenvalue weighted by Crippen LogP contribution is -2.41. The molecule has 124 valence electrons. The van der Waals surface area contributed by atoms with Gasteiger partial charge in [-0.1, -0.05) is 29.8 Å². The maximum absolute atomic E-state index is 12.5. The fraction of sp³-hybridized carbons (Fsp3) is 0.235. The predicted molar refractivity (Wildman–Crippen MR) is 93.7 cm³/mol. The van der Waals surface area contributed by atoms with E-state index in [-0.39, 0.29) is 22.7 Å². The summed E-state index contributed by atoms with van der Waals surface area (Å²) in [5.41, 5.74) is 2.55. The number of nitrogens with one attached hydrogen (secondary N) is 1. The number of anilines is 2. The fourth-order valence-electron chi connectivity index (χ4n) is 2.86. The molecule has 1 aliphatic heterocycles. The summed E-state index contributed by atoms with van der Waals surface area (Å²) >= 11 is 6.03. The van der Waals surface area contributed by atoms with Crippen molar-refractivity contribution in [1.29, 1.82) is 0 Å². The third-order valence-electron chi connectivity index (χ3n) is 4.19. The first-order valence-electron chi connectivity index (χ1n) is 7.56. The highest BCUT2D eigenvalue weighted by atomic mass is 35.5. The standard InChI is InChI=1S/C17H16ClN3O3/c1-11(20-9-8-12-4-2-3-5-16(12)20)17(22)19-15-7-6-13(21(23)24)10-14(15)18/h2-7,10-11H,8-9H2,1H3,(H,19,22). The Morgan fingerprint density at radius 2 is 2.08 bits per heavy atom. The monoisotopic (exact) mass is 345 g/mol. The van der Waals surface area contributed by atoms with Crippen molar-refractivity contribution < 1.29 is 9.72 Å². The van der Waals surface area contributed by atoms with E-state index in [1.807, 2.05) is 30.0 Å². The molecule has 0 radical (unpaired) electrons. The molecule has 0 aliphatic carbocycles. The van der Waals surface area contributed by atoms with Crippen LogP contribution in [0.25, 0.3) is 0 Å². The number of rotatable bonds is 4. The summed E-state index contributed by atoms with van der Waals surface area (Å²) in [6.45, 7) is 2.61. The molecule has 0 bridgehead atoms. The van der Waals surface area contributed by atoms with Gasteiger partial charge in [-0.15, -0.1) is 0 Å². The highest BCUT2D eigenvalue weighted by molar-refractivity contribution is 6.34. The second-order valence-electron chi connectivity index (χ2n) is 5.66. The number of non-ortho nitro benzene ring substituents is 1. The van der Waals surface area contributed by atoms with Gasteiger partial charge in [0.05, 0.1) is 15.6 Å². The summed E-state index contributed by atoms with van der Waals surface area (Å²) < 4.78 is 0. The van der Waals surface area contributed by atoms with Crippen molar-refractivity contribution in [2.75, 3.05) is 16.8 Å². The van der Waals surface area contributed by atoms with Gasteiger partial charge in [0.15, 0.2) is 0 Å². The van der Waals surface area contributed by atoms with Crippen molar-refractivity contribution in [3.63, 3.8) is 0 Å². The third kappa shape index (κ3) is 3.05. The zero-order chi connectivity index (χ0) is 17.3. The molecular weight excluding hydrogens is 330 g/mol. The SMILES string of the molecule is CC(C(=O)Nc1ccc([N+](=O)[O-])cc1Cl)N1CCc2ccccc21. The number of nitrogens with zero attached hydrogens (tertiary/aromatic N) is 2. The van der Waals surface area contributed by atoms with Crippen molar-refractivity contribution in [2.24, 2.45) is 0 Å². The van der Waals surface area contributed by atoms with E-state index >= 15 is 0 Å². The average Bonchev–Trinajstić information content (AvgIpc) is 2.99. The summed E-state index contributed by atoms with van der Waals surface area (Å²) in [6, 6.07) is 11.6. The minimum Gasteiger partial charge on any atom is -0.359 e. The van der Waals surface area contributed by atoms with Crippen LogP contribution in [0.1, 0.15) is 12.5 Å². The van der Waals surface area contributed by atoms with E-state index in [0.29, 0.717) is 5.69 Å². The first-order chi connectivity index (χ1) is 11.5. The van der Waals surface area contributed by atoms with Crippen LogP contribution in [0.3, 0.4) is 0 Å². The van der Waals surface area contributed by atoms with E-state index in [9.17, 15) is 14.9 Å². The number of nitro benzene ring substituents is 1. The molecule has 0 saturated heterocycles. The van der Waals surface area contributed by atoms with Gasteiger partial charge in [0, 0.05) is 24.4 Å². The Kier molecular flexibility index (Phi) is 4.40. The maximum atomic E-state index is 12.5. The van der Waals surface area contributed by atoms with Gasteiger partial charge in [-0.05, 0) is 31.0 Å². The molecule has 1 heterocycles. The summed E-state index contributed by atoms with van der Waals surface area (Å²) in [5.74, 6) is -0.206. The van der Waals surface area contributed by atoms with Gasteiger partial charge in [-0.25, -0.2) is 0 Å². The normalized spacial score (nSPS) is 14.2. The topological polar surface area (TPSA) is 75.5 Å². The van der Waals surface area contributed by atoms with Crippen molar-refractivity contribution >= 4 is 34.6 Å². The molecule has 0 spiro atoms. The van der Waals surface area contributed by atoms with Crippen LogP contribution < -0.4 is 10.2 Å². The predicted octanol–water partition coefficient (Wildman–Crippen LogP) is 3.64. The van der Waals surface area contributed by atoms with Crippen molar-refractivity contribution in [2.45, 2.75) is 19.4 Å². The third-order valence-corrected chi connectivity index (χ3v) is 4.50. The number of nitro groups is 1. The maximum Gasteiger partial charge on any atom is 0.271 e. The van der Waals surface area contributed by atoms with E-state index in [2.05, 4.69) is 11.4 Å². The van der Waals surface area contributed by atoms with E-state index in [1.54, 1.807) is 0 Å². The van der Waals surface area contributed by atoms with Crippen LogP contribution in [0.15, 0.2) is 42.5 Å². The summed E-state index contributed by atoms with van der Waals surface area (Å²) in [4.78, 5) is 24.8. The molecule has 1 unspecified atom stereocenters. The van der Waals surface area contributed by atoms with Crippen LogP contribution in [-0.2, 0) is 11.2 Å². The minimum atomic E-state index is -0.527. The van der Waals surface area contributed by atoms with Crippen molar-refractivity contribution in [3.8, 4) is 0 Å². The number of amides is 1. The molecule has 1 aliphatic rings. The second kappa shape index (κ2) is 6.49. The summed E-state index contributed by atoms with van der Waals surface area (Å²) in [5, 5.41) is 13.6. The Morgan fingerprint density at radius 1 is 1.33 bits per heavy atom. The molecule has 6 nitrogen and oxygen atoms in total. The quantitative estimate of drug-likeness (QED) is 0.678. The lowest BCUT2D eigenvalue weighted by molar-refractivity contribution is -0.384. The van der Waals surface area contributed by atoms with Gasteiger partial charge < -0.3 is 10.2 Å². The molecule has 3 rings (SSSR count). The first-order valence-corrected chi connectivity index (χ1v) is 7.94. The average molecular weight is 346 g/mol. The number of para-hydroxylation sites is 1. The molecule has 0 aromatic heterocycles. The number of halogens is 1. The van der Waals surface area contributed by atoms with Crippen LogP contribution in [0.2, 0.25) is 5.02 Å². The molecule has 24 heavy (non-hydrogen) atoms. The molecule has 1 N–H and O–H groups in total. The molecule has 0 saturated carbocycles. The van der Waals surface area contributed by atoms with Gasteiger partial charge in [0.25, 0.3) is 5.69 Å². The van der Waals surface area contributed by atoms with Gasteiger partial charge in [-0.3, -0.25) is 14.9 Å². The Morgan fingerprint density at radius 3 is 2.79 bits per heavy atom. The molecule has 1 atom stereocenters. The lowest BCUT2D eigenvalue weighted by atomic mass is 10.1. The number of carbonyl (C=O) groups is 1. The molecule has 2 aromatic carbocycles. The van der Waals surface area contributed by atoms with Crippen LogP contribution in [0, 0.1) is 10.1 Å². The van der Waals surface area contributed by atoms with Gasteiger partial charge in [-0.2, -0.15) is 0 Å². The Balaban J connectivity index is 1.75. The van der Waals surface area contributed by atoms with E-state index in [4.69, 9.17) is 11.6 Å². The van der Waals surface area contributed by atoms with Crippen LogP contribution in [0.5, 0.6) is 0 Å². The largest absolute Gasteiger partial charge is 0.359 e. The molecule has 1 amide bonds. The zero-order valence-electron chi connectivity index (χ0n) is 13.0. The minimum absolute atomic E-state index is 0.112. The molecule has 0 fully saturated rings. The van der Waals surface area contributed by atoms with Crippen molar-refractivity contribution in [3.05, 3.63) is 63.2 Å². The van der Waals surface area contributed by atoms with E-state index in [1.165, 1.54) is 23.8 Å². The molecule has 7 heteroatoms. The van der Waals surface area contributed by atoms with E-state index < -0.39 is 4.92 Å². The first kappa shape index (κ1) is 16.3. The van der Waals surface area contributed by atoms with Gasteiger partial charge in [0.2, 0.25) is 5.91 Å². The number of carbonyl (C=O) groups excluding carboxylic acids is 1. The lowest BCUT2D eigenvalue weighted by Gasteiger charge is -2.26.